The molecule has 2 aromatic heterocycles. The number of non-ortho nitro benzene ring substituents is 1. The van der Waals surface area contributed by atoms with Crippen molar-refractivity contribution in [1.29, 1.82) is 0 Å². The molecule has 0 amide bonds. The summed E-state index contributed by atoms with van der Waals surface area (Å²) in [4.78, 5) is 14.6. The number of ether oxygens (including phenoxy) is 1. The topological polar surface area (TPSA) is 115 Å². The summed E-state index contributed by atoms with van der Waals surface area (Å²) < 4.78 is 6.73. The Morgan fingerprint density at radius 3 is 2.83 bits per heavy atom. The first-order chi connectivity index (χ1) is 11.5. The summed E-state index contributed by atoms with van der Waals surface area (Å²) in [5.41, 5.74) is 1.03. The van der Waals surface area contributed by atoms with Crippen molar-refractivity contribution in [2.24, 2.45) is 10.2 Å². The third kappa shape index (κ3) is 2.62. The lowest BCUT2D eigenvalue weighted by molar-refractivity contribution is -0.384. The summed E-state index contributed by atoms with van der Waals surface area (Å²) in [5.74, 6) is 0.795. The maximum atomic E-state index is 10.9. The summed E-state index contributed by atoms with van der Waals surface area (Å²) in [5, 5.41) is 28.9. The molecule has 0 aliphatic carbocycles. The SMILES string of the molecule is COc1ccc([N+](=O)[O-])cc1N=Nc1c(C)nc2c(O)cccn12. The Hall–Kier alpha value is -3.49. The van der Waals surface area contributed by atoms with Crippen LogP contribution in [0.15, 0.2) is 46.8 Å². The van der Waals surface area contributed by atoms with E-state index in [2.05, 4.69) is 15.2 Å². The van der Waals surface area contributed by atoms with Gasteiger partial charge in [-0.3, -0.25) is 14.5 Å². The Labute approximate surface area is 136 Å². The summed E-state index contributed by atoms with van der Waals surface area (Å²) in [6, 6.07) is 7.23. The lowest BCUT2D eigenvalue weighted by Gasteiger charge is -2.03. The number of methoxy groups -OCH3 is 1. The third-order valence-electron chi connectivity index (χ3n) is 3.40. The minimum absolute atomic E-state index is 0.0231. The lowest BCUT2D eigenvalue weighted by Crippen LogP contribution is -1.89. The lowest BCUT2D eigenvalue weighted by atomic mass is 10.2. The number of azo groups is 1. The Morgan fingerprint density at radius 2 is 2.12 bits per heavy atom. The number of nitro benzene ring substituents is 1. The molecule has 24 heavy (non-hydrogen) atoms. The van der Waals surface area contributed by atoms with Crippen LogP contribution in [-0.4, -0.2) is 26.5 Å². The van der Waals surface area contributed by atoms with Gasteiger partial charge < -0.3 is 9.84 Å². The van der Waals surface area contributed by atoms with Gasteiger partial charge in [-0.25, -0.2) is 4.98 Å². The molecule has 9 nitrogen and oxygen atoms in total. The van der Waals surface area contributed by atoms with Gasteiger partial charge in [0.2, 0.25) is 0 Å². The Balaban J connectivity index is 2.09. The molecule has 0 unspecified atom stereocenters. The molecule has 0 aliphatic rings. The number of rotatable bonds is 4. The fourth-order valence-electron chi connectivity index (χ4n) is 2.25. The van der Waals surface area contributed by atoms with E-state index in [0.29, 0.717) is 22.9 Å². The third-order valence-corrected chi connectivity index (χ3v) is 3.40. The predicted octanol–water partition coefficient (Wildman–Crippen LogP) is 3.68. The number of nitrogens with zero attached hydrogens (tertiary/aromatic N) is 5. The number of hydrogen-bond donors (Lipinski definition) is 1. The molecule has 1 aromatic carbocycles. The highest BCUT2D eigenvalue weighted by atomic mass is 16.6. The molecule has 122 valence electrons. The average molecular weight is 327 g/mol. The fourth-order valence-corrected chi connectivity index (χ4v) is 2.25. The van der Waals surface area contributed by atoms with Gasteiger partial charge in [0.15, 0.2) is 17.2 Å². The first-order valence-corrected chi connectivity index (χ1v) is 6.92. The minimum atomic E-state index is -0.518. The van der Waals surface area contributed by atoms with Gasteiger partial charge in [-0.15, -0.1) is 10.2 Å². The zero-order valence-electron chi connectivity index (χ0n) is 12.9. The molecule has 3 rings (SSSR count). The van der Waals surface area contributed by atoms with E-state index in [1.54, 1.807) is 23.6 Å². The molecule has 0 fully saturated rings. The first-order valence-electron chi connectivity index (χ1n) is 6.92. The fraction of sp³-hybridized carbons (Fsp3) is 0.133. The van der Waals surface area contributed by atoms with E-state index < -0.39 is 4.92 Å². The molecule has 3 aromatic rings. The van der Waals surface area contributed by atoms with Crippen molar-refractivity contribution in [3.8, 4) is 11.5 Å². The van der Waals surface area contributed by atoms with Crippen LogP contribution >= 0.6 is 0 Å². The predicted molar refractivity (Wildman–Crippen MR) is 85.4 cm³/mol. The standard InChI is InChI=1S/C15H13N5O4/c1-9-14(19-7-3-4-12(21)15(19)16-9)18-17-11-8-10(20(22)23)5-6-13(11)24-2/h3-8,21H,1-2H3. The second kappa shape index (κ2) is 5.95. The second-order valence-electron chi connectivity index (χ2n) is 4.92. The summed E-state index contributed by atoms with van der Waals surface area (Å²) >= 11 is 0. The van der Waals surface area contributed by atoms with Crippen molar-refractivity contribution in [3.05, 3.63) is 52.3 Å². The molecule has 0 atom stereocenters. The monoisotopic (exact) mass is 327 g/mol. The maximum absolute atomic E-state index is 10.9. The average Bonchev–Trinajstić information content (AvgIpc) is 2.89. The van der Waals surface area contributed by atoms with E-state index in [4.69, 9.17) is 4.74 Å². The van der Waals surface area contributed by atoms with Crippen LogP contribution < -0.4 is 4.74 Å². The normalized spacial score (nSPS) is 11.2. The number of aromatic hydroxyl groups is 1. The van der Waals surface area contributed by atoms with Crippen molar-refractivity contribution in [3.63, 3.8) is 0 Å². The minimum Gasteiger partial charge on any atom is -0.504 e. The molecule has 9 heteroatoms. The van der Waals surface area contributed by atoms with E-state index in [9.17, 15) is 15.2 Å². The quantitative estimate of drug-likeness (QED) is 0.446. The van der Waals surface area contributed by atoms with Crippen molar-refractivity contribution in [2.75, 3.05) is 7.11 Å². The highest BCUT2D eigenvalue weighted by Gasteiger charge is 2.13. The Kier molecular flexibility index (Phi) is 3.82. The van der Waals surface area contributed by atoms with Crippen molar-refractivity contribution in [2.45, 2.75) is 6.92 Å². The Morgan fingerprint density at radius 1 is 1.33 bits per heavy atom. The molecule has 1 N–H and O–H groups in total. The number of benzene rings is 1. The summed E-state index contributed by atoms with van der Waals surface area (Å²) in [6.45, 7) is 1.73. The van der Waals surface area contributed by atoms with E-state index in [-0.39, 0.29) is 17.1 Å². The van der Waals surface area contributed by atoms with E-state index >= 15 is 0 Å². The van der Waals surface area contributed by atoms with Crippen LogP contribution in [-0.2, 0) is 0 Å². The van der Waals surface area contributed by atoms with Gasteiger partial charge in [0.25, 0.3) is 5.69 Å². The first kappa shape index (κ1) is 15.4. The molecule has 2 heterocycles. The van der Waals surface area contributed by atoms with Gasteiger partial charge in [0, 0.05) is 18.3 Å². The second-order valence-corrected chi connectivity index (χ2v) is 4.92. The van der Waals surface area contributed by atoms with E-state index in [0.717, 1.165) is 0 Å². The zero-order chi connectivity index (χ0) is 17.3. The maximum Gasteiger partial charge on any atom is 0.271 e. The van der Waals surface area contributed by atoms with Crippen LogP contribution in [0.3, 0.4) is 0 Å². The highest BCUT2D eigenvalue weighted by molar-refractivity contribution is 5.61. The van der Waals surface area contributed by atoms with Crippen molar-refractivity contribution in [1.82, 2.24) is 9.38 Å². The largest absolute Gasteiger partial charge is 0.504 e. The summed E-state index contributed by atoms with van der Waals surface area (Å²) in [7, 11) is 1.44. The number of hydrogen-bond acceptors (Lipinski definition) is 7. The molecular formula is C15H13N5O4. The number of nitro groups is 1. The van der Waals surface area contributed by atoms with Crippen LogP contribution in [0.25, 0.3) is 5.65 Å². The van der Waals surface area contributed by atoms with Gasteiger partial charge >= 0.3 is 0 Å². The van der Waals surface area contributed by atoms with Crippen LogP contribution in [0.1, 0.15) is 5.69 Å². The highest BCUT2D eigenvalue weighted by Crippen LogP contribution is 2.34. The van der Waals surface area contributed by atoms with Crippen LogP contribution in [0.2, 0.25) is 0 Å². The van der Waals surface area contributed by atoms with E-state index in [1.165, 1.54) is 31.4 Å². The van der Waals surface area contributed by atoms with Gasteiger partial charge in [0.05, 0.1) is 17.7 Å². The van der Waals surface area contributed by atoms with Crippen molar-refractivity contribution < 1.29 is 14.8 Å². The van der Waals surface area contributed by atoms with Crippen LogP contribution in [0.5, 0.6) is 11.5 Å². The molecule has 0 saturated heterocycles. The molecule has 0 spiro atoms. The zero-order valence-corrected chi connectivity index (χ0v) is 12.9. The number of pyridine rings is 1. The number of aromatic nitrogens is 2. The molecule has 0 bridgehead atoms. The van der Waals surface area contributed by atoms with Gasteiger partial charge in [0.1, 0.15) is 11.4 Å². The van der Waals surface area contributed by atoms with Crippen LogP contribution in [0, 0.1) is 17.0 Å². The molecular weight excluding hydrogens is 314 g/mol. The smallest absolute Gasteiger partial charge is 0.271 e. The van der Waals surface area contributed by atoms with Gasteiger partial charge in [-0.2, -0.15) is 0 Å². The van der Waals surface area contributed by atoms with Gasteiger partial charge in [-0.05, 0) is 25.1 Å². The number of fused-ring (bicyclic) bond motifs is 1. The molecule has 0 saturated carbocycles. The number of aryl methyl sites for hydroxylation is 1. The van der Waals surface area contributed by atoms with Gasteiger partial charge in [-0.1, -0.05) is 0 Å². The molecule has 0 radical (unpaired) electrons. The molecule has 0 aliphatic heterocycles. The van der Waals surface area contributed by atoms with Crippen molar-refractivity contribution >= 4 is 22.8 Å². The Bertz CT molecular complexity index is 964. The number of imidazole rings is 1. The van der Waals surface area contributed by atoms with Crippen LogP contribution in [0.4, 0.5) is 17.2 Å². The van der Waals surface area contributed by atoms with E-state index in [1.807, 2.05) is 0 Å². The summed E-state index contributed by atoms with van der Waals surface area (Å²) in [6.07, 6.45) is 1.69.